The van der Waals surface area contributed by atoms with Gasteiger partial charge in [0.1, 0.15) is 6.61 Å². The van der Waals surface area contributed by atoms with E-state index in [1.807, 2.05) is 6.07 Å². The molecule has 1 N–H and O–H groups in total. The van der Waals surface area contributed by atoms with Gasteiger partial charge in [0, 0.05) is 18.8 Å². The summed E-state index contributed by atoms with van der Waals surface area (Å²) >= 11 is 0. The van der Waals surface area contributed by atoms with E-state index in [0.717, 1.165) is 19.5 Å². The Balaban J connectivity index is 2.28. The standard InChI is InChI=1S/C11H15N3O/c1-2-4-13-6-7-15-11-8-10(9-12)3-5-14-11/h3,5,8,13H,2,4,6-7H2,1H3. The van der Waals surface area contributed by atoms with Crippen molar-refractivity contribution >= 4 is 0 Å². The summed E-state index contributed by atoms with van der Waals surface area (Å²) < 4.78 is 5.37. The first-order chi connectivity index (χ1) is 7.36. The zero-order chi connectivity index (χ0) is 10.9. The van der Waals surface area contributed by atoms with Crippen molar-refractivity contribution < 1.29 is 4.74 Å². The molecule has 0 fully saturated rings. The Labute approximate surface area is 89.9 Å². The third-order valence-electron chi connectivity index (χ3n) is 1.82. The molecule has 0 aliphatic heterocycles. The van der Waals surface area contributed by atoms with Crippen LogP contribution >= 0.6 is 0 Å². The van der Waals surface area contributed by atoms with E-state index in [1.54, 1.807) is 18.3 Å². The van der Waals surface area contributed by atoms with Crippen LogP contribution in [-0.4, -0.2) is 24.7 Å². The molecule has 4 nitrogen and oxygen atoms in total. The van der Waals surface area contributed by atoms with Crippen molar-refractivity contribution in [3.63, 3.8) is 0 Å². The average molecular weight is 205 g/mol. The van der Waals surface area contributed by atoms with Crippen molar-refractivity contribution in [2.75, 3.05) is 19.7 Å². The molecule has 0 saturated heterocycles. The van der Waals surface area contributed by atoms with Crippen LogP contribution in [0.2, 0.25) is 0 Å². The van der Waals surface area contributed by atoms with Gasteiger partial charge in [-0.2, -0.15) is 5.26 Å². The van der Waals surface area contributed by atoms with Gasteiger partial charge in [-0.05, 0) is 19.0 Å². The van der Waals surface area contributed by atoms with Crippen LogP contribution < -0.4 is 10.1 Å². The Morgan fingerprint density at radius 2 is 2.40 bits per heavy atom. The molecule has 15 heavy (non-hydrogen) atoms. The highest BCUT2D eigenvalue weighted by Crippen LogP contribution is 2.07. The Morgan fingerprint density at radius 1 is 1.53 bits per heavy atom. The minimum absolute atomic E-state index is 0.507. The van der Waals surface area contributed by atoms with Crippen molar-refractivity contribution in [2.24, 2.45) is 0 Å². The van der Waals surface area contributed by atoms with E-state index in [0.29, 0.717) is 18.1 Å². The second-order valence-corrected chi connectivity index (χ2v) is 3.09. The summed E-state index contributed by atoms with van der Waals surface area (Å²) in [5, 5.41) is 11.9. The molecule has 0 unspecified atom stereocenters. The minimum Gasteiger partial charge on any atom is -0.476 e. The largest absolute Gasteiger partial charge is 0.476 e. The molecule has 0 aliphatic carbocycles. The highest BCUT2D eigenvalue weighted by Gasteiger charge is 1.96. The van der Waals surface area contributed by atoms with E-state index in [1.165, 1.54) is 0 Å². The Morgan fingerprint density at radius 3 is 3.13 bits per heavy atom. The number of nitriles is 1. The number of rotatable bonds is 6. The van der Waals surface area contributed by atoms with E-state index < -0.39 is 0 Å². The lowest BCUT2D eigenvalue weighted by Gasteiger charge is -2.05. The number of hydrogen-bond donors (Lipinski definition) is 1. The SMILES string of the molecule is CCCNCCOc1cc(C#N)ccn1. The summed E-state index contributed by atoms with van der Waals surface area (Å²) in [6, 6.07) is 5.34. The van der Waals surface area contributed by atoms with Gasteiger partial charge in [0.25, 0.3) is 0 Å². The molecule has 4 heteroatoms. The van der Waals surface area contributed by atoms with E-state index in [2.05, 4.69) is 17.2 Å². The van der Waals surface area contributed by atoms with Gasteiger partial charge in [-0.15, -0.1) is 0 Å². The molecule has 0 aliphatic rings. The lowest BCUT2D eigenvalue weighted by Crippen LogP contribution is -2.21. The second-order valence-electron chi connectivity index (χ2n) is 3.09. The molecule has 0 bridgehead atoms. The first-order valence-corrected chi connectivity index (χ1v) is 5.06. The quantitative estimate of drug-likeness (QED) is 0.712. The maximum Gasteiger partial charge on any atom is 0.214 e. The smallest absolute Gasteiger partial charge is 0.214 e. The van der Waals surface area contributed by atoms with Gasteiger partial charge in [0.15, 0.2) is 0 Å². The first kappa shape index (κ1) is 11.5. The van der Waals surface area contributed by atoms with E-state index >= 15 is 0 Å². The Kier molecular flexibility index (Phi) is 5.20. The van der Waals surface area contributed by atoms with Crippen LogP contribution in [-0.2, 0) is 0 Å². The van der Waals surface area contributed by atoms with Gasteiger partial charge < -0.3 is 10.1 Å². The van der Waals surface area contributed by atoms with Crippen LogP contribution in [0, 0.1) is 11.3 Å². The number of pyridine rings is 1. The normalized spacial score (nSPS) is 9.60. The van der Waals surface area contributed by atoms with Crippen molar-refractivity contribution in [2.45, 2.75) is 13.3 Å². The lowest BCUT2D eigenvalue weighted by molar-refractivity contribution is 0.302. The molecule has 1 aromatic rings. The predicted molar refractivity (Wildman–Crippen MR) is 57.6 cm³/mol. The molecule has 1 heterocycles. The summed E-state index contributed by atoms with van der Waals surface area (Å²) in [4.78, 5) is 4.00. The van der Waals surface area contributed by atoms with Crippen LogP contribution in [0.4, 0.5) is 0 Å². The van der Waals surface area contributed by atoms with Crippen molar-refractivity contribution in [3.05, 3.63) is 23.9 Å². The van der Waals surface area contributed by atoms with E-state index in [-0.39, 0.29) is 0 Å². The van der Waals surface area contributed by atoms with Gasteiger partial charge in [-0.1, -0.05) is 6.92 Å². The maximum atomic E-state index is 8.66. The van der Waals surface area contributed by atoms with E-state index in [4.69, 9.17) is 10.00 Å². The first-order valence-electron chi connectivity index (χ1n) is 5.06. The second kappa shape index (κ2) is 6.80. The molecule has 0 saturated carbocycles. The van der Waals surface area contributed by atoms with Gasteiger partial charge in [0.2, 0.25) is 5.88 Å². The highest BCUT2D eigenvalue weighted by atomic mass is 16.5. The van der Waals surface area contributed by atoms with Crippen LogP contribution in [0.3, 0.4) is 0 Å². The third kappa shape index (κ3) is 4.43. The van der Waals surface area contributed by atoms with Crippen LogP contribution in [0.5, 0.6) is 5.88 Å². The maximum absolute atomic E-state index is 8.66. The fourth-order valence-corrected chi connectivity index (χ4v) is 1.09. The molecule has 0 spiro atoms. The average Bonchev–Trinajstić information content (AvgIpc) is 2.29. The summed E-state index contributed by atoms with van der Waals surface area (Å²) in [5.74, 6) is 0.507. The zero-order valence-corrected chi connectivity index (χ0v) is 8.86. The fraction of sp³-hybridized carbons (Fsp3) is 0.455. The molecule has 0 amide bonds. The number of aromatic nitrogens is 1. The third-order valence-corrected chi connectivity index (χ3v) is 1.82. The summed E-state index contributed by atoms with van der Waals surface area (Å²) in [6.45, 7) is 4.48. The molecular weight excluding hydrogens is 190 g/mol. The number of nitrogens with zero attached hydrogens (tertiary/aromatic N) is 2. The molecule has 0 aromatic carbocycles. The van der Waals surface area contributed by atoms with Crippen LogP contribution in [0.25, 0.3) is 0 Å². The zero-order valence-electron chi connectivity index (χ0n) is 8.86. The summed E-state index contributed by atoms with van der Waals surface area (Å²) in [7, 11) is 0. The minimum atomic E-state index is 0.507. The van der Waals surface area contributed by atoms with Gasteiger partial charge in [-0.3, -0.25) is 0 Å². The molecule has 1 rings (SSSR count). The number of nitrogens with one attached hydrogen (secondary N) is 1. The van der Waals surface area contributed by atoms with Gasteiger partial charge in [-0.25, -0.2) is 4.98 Å². The summed E-state index contributed by atoms with van der Waals surface area (Å²) in [5.41, 5.74) is 0.571. The van der Waals surface area contributed by atoms with Gasteiger partial charge >= 0.3 is 0 Å². The summed E-state index contributed by atoms with van der Waals surface area (Å²) in [6.07, 6.45) is 2.69. The molecule has 0 radical (unpaired) electrons. The Hall–Kier alpha value is -1.60. The molecular formula is C11H15N3O. The fourth-order valence-electron chi connectivity index (χ4n) is 1.09. The van der Waals surface area contributed by atoms with Gasteiger partial charge in [0.05, 0.1) is 11.6 Å². The lowest BCUT2D eigenvalue weighted by atomic mass is 10.3. The molecule has 1 aromatic heterocycles. The molecule has 0 atom stereocenters. The van der Waals surface area contributed by atoms with Crippen LogP contribution in [0.15, 0.2) is 18.3 Å². The predicted octanol–water partition coefficient (Wildman–Crippen LogP) is 1.33. The molecule has 80 valence electrons. The van der Waals surface area contributed by atoms with Crippen LogP contribution in [0.1, 0.15) is 18.9 Å². The van der Waals surface area contributed by atoms with Crippen molar-refractivity contribution in [1.82, 2.24) is 10.3 Å². The van der Waals surface area contributed by atoms with Crippen molar-refractivity contribution in [1.29, 1.82) is 5.26 Å². The Bertz CT molecular complexity index is 333. The highest BCUT2D eigenvalue weighted by molar-refractivity contribution is 5.31. The van der Waals surface area contributed by atoms with E-state index in [9.17, 15) is 0 Å². The monoisotopic (exact) mass is 205 g/mol. The number of ether oxygens (including phenoxy) is 1. The van der Waals surface area contributed by atoms with Crippen molar-refractivity contribution in [3.8, 4) is 11.9 Å². The topological polar surface area (TPSA) is 57.9 Å². The number of hydrogen-bond acceptors (Lipinski definition) is 4.